The number of carbonyl (C=O) groups is 1. The first-order chi connectivity index (χ1) is 9.63. The second-order valence-electron chi connectivity index (χ2n) is 5.96. The molecule has 1 aromatic carbocycles. The van der Waals surface area contributed by atoms with Crippen LogP contribution in [0.4, 0.5) is 5.69 Å². The van der Waals surface area contributed by atoms with Crippen molar-refractivity contribution < 1.29 is 4.79 Å². The molecule has 1 aromatic rings. The van der Waals surface area contributed by atoms with Crippen LogP contribution >= 0.6 is 0 Å². The Morgan fingerprint density at radius 2 is 2.00 bits per heavy atom. The van der Waals surface area contributed by atoms with E-state index in [9.17, 15) is 4.79 Å². The molecule has 0 unspecified atom stereocenters. The number of para-hydroxylation sites is 1. The zero-order valence-corrected chi connectivity index (χ0v) is 12.7. The quantitative estimate of drug-likeness (QED) is 0.884. The lowest BCUT2D eigenvalue weighted by Gasteiger charge is -2.35. The predicted molar refractivity (Wildman–Crippen MR) is 83.8 cm³/mol. The Labute approximate surface area is 121 Å². The van der Waals surface area contributed by atoms with Crippen LogP contribution in [-0.2, 0) is 11.2 Å². The molecule has 0 atom stereocenters. The Hall–Kier alpha value is -1.35. The van der Waals surface area contributed by atoms with Crippen molar-refractivity contribution in [2.45, 2.75) is 52.4 Å². The number of nitrogens with one attached hydrogen (secondary N) is 1. The molecule has 0 radical (unpaired) electrons. The highest BCUT2D eigenvalue weighted by molar-refractivity contribution is 5.96. The Morgan fingerprint density at radius 1 is 1.30 bits per heavy atom. The van der Waals surface area contributed by atoms with Gasteiger partial charge < -0.3 is 11.1 Å². The third-order valence-corrected chi connectivity index (χ3v) is 4.66. The lowest BCUT2D eigenvalue weighted by atomic mass is 9.73. The summed E-state index contributed by atoms with van der Waals surface area (Å²) in [5.41, 5.74) is 8.89. The fourth-order valence-corrected chi connectivity index (χ4v) is 3.20. The van der Waals surface area contributed by atoms with Crippen LogP contribution in [0.1, 0.15) is 50.2 Å². The van der Waals surface area contributed by atoms with Crippen LogP contribution in [0.2, 0.25) is 0 Å². The first kappa shape index (κ1) is 15.0. The summed E-state index contributed by atoms with van der Waals surface area (Å²) >= 11 is 0. The van der Waals surface area contributed by atoms with Gasteiger partial charge in [0.15, 0.2) is 0 Å². The normalized spacial score (nSPS) is 17.8. The van der Waals surface area contributed by atoms with Crippen LogP contribution in [0.5, 0.6) is 0 Å². The van der Waals surface area contributed by atoms with Gasteiger partial charge in [0.2, 0.25) is 5.91 Å². The van der Waals surface area contributed by atoms with Crippen molar-refractivity contribution in [3.63, 3.8) is 0 Å². The molecule has 1 aliphatic carbocycles. The molecule has 3 N–H and O–H groups in total. The molecule has 2 rings (SSSR count). The Bertz CT molecular complexity index is 476. The minimum atomic E-state index is -0.356. The standard InChI is InChI=1S/C17H26N2O/c1-3-14-9-7-8-13(2)15(14)19-16(20)17(12-18)10-5-4-6-11-17/h7-9H,3-6,10-12,18H2,1-2H3,(H,19,20). The summed E-state index contributed by atoms with van der Waals surface area (Å²) < 4.78 is 0. The minimum Gasteiger partial charge on any atom is -0.329 e. The largest absolute Gasteiger partial charge is 0.329 e. The molecule has 0 heterocycles. The highest BCUT2D eigenvalue weighted by Gasteiger charge is 2.38. The molecule has 1 fully saturated rings. The van der Waals surface area contributed by atoms with Crippen LogP contribution in [0.15, 0.2) is 18.2 Å². The molecule has 110 valence electrons. The van der Waals surface area contributed by atoms with E-state index in [-0.39, 0.29) is 11.3 Å². The van der Waals surface area contributed by atoms with Crippen LogP contribution in [0.3, 0.4) is 0 Å². The van der Waals surface area contributed by atoms with Crippen molar-refractivity contribution in [1.82, 2.24) is 0 Å². The van der Waals surface area contributed by atoms with E-state index in [2.05, 4.69) is 18.3 Å². The lowest BCUT2D eigenvalue weighted by molar-refractivity contribution is -0.126. The highest BCUT2D eigenvalue weighted by atomic mass is 16.2. The number of aryl methyl sites for hydroxylation is 2. The molecule has 1 aliphatic rings. The smallest absolute Gasteiger partial charge is 0.231 e. The third kappa shape index (κ3) is 2.88. The SMILES string of the molecule is CCc1cccc(C)c1NC(=O)C1(CN)CCCCC1. The zero-order chi connectivity index (χ0) is 14.6. The number of amides is 1. The van der Waals surface area contributed by atoms with E-state index in [1.165, 1.54) is 12.0 Å². The summed E-state index contributed by atoms with van der Waals surface area (Å²) in [4.78, 5) is 12.7. The van der Waals surface area contributed by atoms with Crippen molar-refractivity contribution in [3.8, 4) is 0 Å². The summed E-state index contributed by atoms with van der Waals surface area (Å²) in [6, 6.07) is 6.17. The van der Waals surface area contributed by atoms with Gasteiger partial charge in [0.05, 0.1) is 5.41 Å². The van der Waals surface area contributed by atoms with Gasteiger partial charge in [0.25, 0.3) is 0 Å². The van der Waals surface area contributed by atoms with Gasteiger partial charge in [-0.1, -0.05) is 44.4 Å². The van der Waals surface area contributed by atoms with Gasteiger partial charge in [-0.15, -0.1) is 0 Å². The zero-order valence-electron chi connectivity index (χ0n) is 12.7. The van der Waals surface area contributed by atoms with Gasteiger partial charge in [-0.2, -0.15) is 0 Å². The van der Waals surface area contributed by atoms with Crippen molar-refractivity contribution in [2.24, 2.45) is 11.1 Å². The van der Waals surface area contributed by atoms with Crippen molar-refractivity contribution in [3.05, 3.63) is 29.3 Å². The van der Waals surface area contributed by atoms with E-state index >= 15 is 0 Å². The number of nitrogens with two attached hydrogens (primary N) is 1. The van der Waals surface area contributed by atoms with Crippen LogP contribution in [0, 0.1) is 12.3 Å². The summed E-state index contributed by atoms with van der Waals surface area (Å²) in [6.45, 7) is 4.61. The Balaban J connectivity index is 2.22. The van der Waals surface area contributed by atoms with E-state index in [0.29, 0.717) is 6.54 Å². The Morgan fingerprint density at radius 3 is 2.60 bits per heavy atom. The van der Waals surface area contributed by atoms with Crippen molar-refractivity contribution in [1.29, 1.82) is 0 Å². The fourth-order valence-electron chi connectivity index (χ4n) is 3.20. The molecule has 3 heteroatoms. The van der Waals surface area contributed by atoms with Gasteiger partial charge in [-0.25, -0.2) is 0 Å². The van der Waals surface area contributed by atoms with Gasteiger partial charge in [-0.3, -0.25) is 4.79 Å². The predicted octanol–water partition coefficient (Wildman–Crippen LogP) is 3.41. The van der Waals surface area contributed by atoms with E-state index < -0.39 is 0 Å². The van der Waals surface area contributed by atoms with Crippen LogP contribution in [-0.4, -0.2) is 12.5 Å². The number of hydrogen-bond donors (Lipinski definition) is 2. The molecule has 1 amide bonds. The second kappa shape index (κ2) is 6.40. The first-order valence-electron chi connectivity index (χ1n) is 7.73. The topological polar surface area (TPSA) is 55.1 Å². The molecule has 3 nitrogen and oxygen atoms in total. The molecule has 0 aromatic heterocycles. The maximum atomic E-state index is 12.7. The maximum Gasteiger partial charge on any atom is 0.231 e. The lowest BCUT2D eigenvalue weighted by Crippen LogP contribution is -2.44. The molecular weight excluding hydrogens is 248 g/mol. The summed E-state index contributed by atoms with van der Waals surface area (Å²) in [6.07, 6.45) is 6.20. The second-order valence-corrected chi connectivity index (χ2v) is 5.96. The van der Waals surface area contributed by atoms with Gasteiger partial charge in [-0.05, 0) is 37.3 Å². The molecule has 0 saturated heterocycles. The summed E-state index contributed by atoms with van der Waals surface area (Å²) in [7, 11) is 0. The minimum absolute atomic E-state index is 0.115. The number of benzene rings is 1. The molecular formula is C17H26N2O. The molecule has 20 heavy (non-hydrogen) atoms. The summed E-state index contributed by atoms with van der Waals surface area (Å²) in [5, 5.41) is 3.17. The van der Waals surface area contributed by atoms with E-state index in [1.54, 1.807) is 0 Å². The van der Waals surface area contributed by atoms with Crippen LogP contribution in [0.25, 0.3) is 0 Å². The van der Waals surface area contributed by atoms with E-state index in [1.807, 2.05) is 19.1 Å². The first-order valence-corrected chi connectivity index (χ1v) is 7.73. The van der Waals surface area contributed by atoms with Crippen molar-refractivity contribution >= 4 is 11.6 Å². The number of carbonyl (C=O) groups excluding carboxylic acids is 1. The molecule has 1 saturated carbocycles. The van der Waals surface area contributed by atoms with Gasteiger partial charge in [0, 0.05) is 12.2 Å². The molecule has 0 spiro atoms. The number of rotatable bonds is 4. The van der Waals surface area contributed by atoms with E-state index in [0.717, 1.165) is 43.4 Å². The highest BCUT2D eigenvalue weighted by Crippen LogP contribution is 2.37. The molecule has 0 aliphatic heterocycles. The third-order valence-electron chi connectivity index (χ3n) is 4.66. The number of hydrogen-bond acceptors (Lipinski definition) is 2. The average Bonchev–Trinajstić information content (AvgIpc) is 2.49. The summed E-state index contributed by atoms with van der Waals surface area (Å²) in [5.74, 6) is 0.115. The Kier molecular flexibility index (Phi) is 4.81. The monoisotopic (exact) mass is 274 g/mol. The van der Waals surface area contributed by atoms with Gasteiger partial charge >= 0.3 is 0 Å². The van der Waals surface area contributed by atoms with Gasteiger partial charge in [0.1, 0.15) is 0 Å². The van der Waals surface area contributed by atoms with Crippen molar-refractivity contribution in [2.75, 3.05) is 11.9 Å². The average molecular weight is 274 g/mol. The van der Waals surface area contributed by atoms with E-state index in [4.69, 9.17) is 5.73 Å². The number of anilines is 1. The fraction of sp³-hybridized carbons (Fsp3) is 0.588. The maximum absolute atomic E-state index is 12.7. The molecule has 0 bridgehead atoms. The van der Waals surface area contributed by atoms with Crippen LogP contribution < -0.4 is 11.1 Å².